The Morgan fingerprint density at radius 1 is 0.909 bits per heavy atom. The van der Waals surface area contributed by atoms with E-state index in [1.165, 1.54) is 5.56 Å². The summed E-state index contributed by atoms with van der Waals surface area (Å²) >= 11 is 0. The largest absolute Gasteiger partial charge is 0.497 e. The molecule has 3 heteroatoms. The lowest BCUT2D eigenvalue weighted by Crippen LogP contribution is -2.55. The second-order valence-electron chi connectivity index (χ2n) is 6.23. The van der Waals surface area contributed by atoms with Crippen molar-refractivity contribution in [3.05, 3.63) is 65.2 Å². The van der Waals surface area contributed by atoms with Crippen LogP contribution in [0.5, 0.6) is 5.75 Å². The number of hydrogen-bond donors (Lipinski definition) is 2. The molecule has 2 atom stereocenters. The molecule has 0 aliphatic heterocycles. The molecule has 22 heavy (non-hydrogen) atoms. The van der Waals surface area contributed by atoms with E-state index in [1.807, 2.05) is 24.3 Å². The number of aryl methyl sites for hydroxylation is 1. The third-order valence-electron chi connectivity index (χ3n) is 4.34. The maximum atomic E-state index is 6.86. The maximum Gasteiger partial charge on any atom is 0.118 e. The average Bonchev–Trinajstić information content (AvgIpc) is 2.54. The summed E-state index contributed by atoms with van der Waals surface area (Å²) < 4.78 is 5.24. The highest BCUT2D eigenvalue weighted by Gasteiger charge is 2.37. The zero-order chi connectivity index (χ0) is 16.3. The molecule has 2 aromatic rings. The van der Waals surface area contributed by atoms with Gasteiger partial charge in [0.15, 0.2) is 0 Å². The lowest BCUT2D eigenvalue weighted by molar-refractivity contribution is 0.337. The highest BCUT2D eigenvalue weighted by atomic mass is 16.5. The van der Waals surface area contributed by atoms with Gasteiger partial charge in [-0.15, -0.1) is 0 Å². The highest BCUT2D eigenvalue weighted by Crippen LogP contribution is 2.33. The van der Waals surface area contributed by atoms with E-state index in [0.717, 1.165) is 16.9 Å². The third-order valence-corrected chi connectivity index (χ3v) is 4.34. The number of methoxy groups -OCH3 is 1. The molecule has 118 valence electrons. The Morgan fingerprint density at radius 3 is 1.77 bits per heavy atom. The van der Waals surface area contributed by atoms with Crippen LogP contribution < -0.4 is 16.2 Å². The van der Waals surface area contributed by atoms with Gasteiger partial charge in [-0.25, -0.2) is 0 Å². The smallest absolute Gasteiger partial charge is 0.118 e. The minimum atomic E-state index is -0.728. The lowest BCUT2D eigenvalue weighted by Gasteiger charge is -2.39. The molecule has 0 bridgehead atoms. The number of ether oxygens (including phenoxy) is 1. The Bertz CT molecular complexity index is 604. The molecule has 3 nitrogen and oxygen atoms in total. The normalized spacial score (nSPS) is 15.4. The predicted octanol–water partition coefficient (Wildman–Crippen LogP) is 3.19. The predicted molar refractivity (Wildman–Crippen MR) is 92.0 cm³/mol. The Hall–Kier alpha value is -1.84. The van der Waals surface area contributed by atoms with Crippen LogP contribution in [0.2, 0.25) is 0 Å². The zero-order valence-electron chi connectivity index (χ0n) is 13.8. The highest BCUT2D eigenvalue weighted by molar-refractivity contribution is 5.43. The van der Waals surface area contributed by atoms with E-state index in [1.54, 1.807) is 7.11 Å². The molecule has 0 aliphatic carbocycles. The van der Waals surface area contributed by atoms with Crippen molar-refractivity contribution in [2.75, 3.05) is 7.11 Å². The molecule has 0 radical (unpaired) electrons. The van der Waals surface area contributed by atoms with E-state index in [0.29, 0.717) is 0 Å². The Balaban J connectivity index is 2.56. The van der Waals surface area contributed by atoms with E-state index < -0.39 is 5.54 Å². The first-order chi connectivity index (χ1) is 10.4. The topological polar surface area (TPSA) is 61.3 Å². The minimum Gasteiger partial charge on any atom is -0.497 e. The van der Waals surface area contributed by atoms with Crippen LogP contribution in [0.1, 0.15) is 30.5 Å². The van der Waals surface area contributed by atoms with Crippen molar-refractivity contribution in [3.8, 4) is 5.75 Å². The second kappa shape index (κ2) is 6.51. The van der Waals surface area contributed by atoms with Crippen LogP contribution in [0.3, 0.4) is 0 Å². The van der Waals surface area contributed by atoms with Gasteiger partial charge in [0, 0.05) is 6.04 Å². The quantitative estimate of drug-likeness (QED) is 0.891. The fourth-order valence-corrected chi connectivity index (χ4v) is 2.77. The molecule has 0 saturated heterocycles. The number of hydrogen-bond acceptors (Lipinski definition) is 3. The van der Waals surface area contributed by atoms with Crippen LogP contribution in [0.25, 0.3) is 0 Å². The first-order valence-electron chi connectivity index (χ1n) is 7.65. The van der Waals surface area contributed by atoms with Crippen LogP contribution in [-0.4, -0.2) is 13.2 Å². The summed E-state index contributed by atoms with van der Waals surface area (Å²) in [6, 6.07) is 16.0. The van der Waals surface area contributed by atoms with Crippen molar-refractivity contribution in [1.29, 1.82) is 0 Å². The van der Waals surface area contributed by atoms with Crippen molar-refractivity contribution >= 4 is 0 Å². The molecule has 1 unspecified atom stereocenters. The number of rotatable bonds is 5. The fraction of sp³-hybridized carbons (Fsp3) is 0.368. The summed E-state index contributed by atoms with van der Waals surface area (Å²) in [5, 5.41) is 0. The average molecular weight is 298 g/mol. The standard InChI is InChI=1S/C19H26N2O/c1-13(2)18(20)19(21,15-7-5-14(3)6-8-15)16-9-11-17(22-4)12-10-16/h5-13,18H,20-21H2,1-4H3/t18-,19?/m1/s1. The summed E-state index contributed by atoms with van der Waals surface area (Å²) in [5.74, 6) is 1.07. The van der Waals surface area contributed by atoms with Gasteiger partial charge in [-0.2, -0.15) is 0 Å². The minimum absolute atomic E-state index is 0.191. The van der Waals surface area contributed by atoms with Gasteiger partial charge in [-0.05, 0) is 36.1 Å². The third kappa shape index (κ3) is 3.01. The van der Waals surface area contributed by atoms with Crippen LogP contribution in [0.15, 0.2) is 48.5 Å². The van der Waals surface area contributed by atoms with Crippen LogP contribution in [-0.2, 0) is 5.54 Å². The molecule has 0 fully saturated rings. The second-order valence-corrected chi connectivity index (χ2v) is 6.23. The molecule has 4 N–H and O–H groups in total. The monoisotopic (exact) mass is 298 g/mol. The van der Waals surface area contributed by atoms with Crippen LogP contribution >= 0.6 is 0 Å². The molecule has 0 aromatic heterocycles. The van der Waals surface area contributed by atoms with E-state index >= 15 is 0 Å². The van der Waals surface area contributed by atoms with Gasteiger partial charge in [-0.3, -0.25) is 0 Å². The summed E-state index contributed by atoms with van der Waals surface area (Å²) in [6.45, 7) is 6.27. The summed E-state index contributed by atoms with van der Waals surface area (Å²) in [5.41, 5.74) is 15.9. The Kier molecular flexibility index (Phi) is 4.89. The molecular formula is C19H26N2O. The van der Waals surface area contributed by atoms with E-state index in [2.05, 4.69) is 45.0 Å². The summed E-state index contributed by atoms with van der Waals surface area (Å²) in [6.07, 6.45) is 0. The fourth-order valence-electron chi connectivity index (χ4n) is 2.77. The summed E-state index contributed by atoms with van der Waals surface area (Å²) in [4.78, 5) is 0. The molecule has 2 rings (SSSR count). The molecule has 2 aromatic carbocycles. The van der Waals surface area contributed by atoms with Crippen molar-refractivity contribution in [3.63, 3.8) is 0 Å². The van der Waals surface area contributed by atoms with Gasteiger partial charge in [0.1, 0.15) is 5.75 Å². The summed E-state index contributed by atoms with van der Waals surface area (Å²) in [7, 11) is 1.66. The van der Waals surface area contributed by atoms with Gasteiger partial charge < -0.3 is 16.2 Å². The van der Waals surface area contributed by atoms with Gasteiger partial charge in [0.2, 0.25) is 0 Å². The van der Waals surface area contributed by atoms with Crippen LogP contribution in [0.4, 0.5) is 0 Å². The lowest BCUT2D eigenvalue weighted by atomic mass is 9.74. The Labute approximate surface area is 133 Å². The Morgan fingerprint density at radius 2 is 1.36 bits per heavy atom. The van der Waals surface area contributed by atoms with Crippen molar-refractivity contribution < 1.29 is 4.74 Å². The zero-order valence-corrected chi connectivity index (χ0v) is 13.8. The first-order valence-corrected chi connectivity index (χ1v) is 7.65. The van der Waals surface area contributed by atoms with Crippen molar-refractivity contribution in [2.45, 2.75) is 32.4 Å². The molecule has 0 spiro atoms. The molecule has 0 saturated carbocycles. The van der Waals surface area contributed by atoms with Crippen molar-refractivity contribution in [2.24, 2.45) is 17.4 Å². The van der Waals surface area contributed by atoms with Gasteiger partial charge in [-0.1, -0.05) is 55.8 Å². The van der Waals surface area contributed by atoms with E-state index in [9.17, 15) is 0 Å². The molecule has 0 heterocycles. The molecule has 0 amide bonds. The van der Waals surface area contributed by atoms with Gasteiger partial charge >= 0.3 is 0 Å². The van der Waals surface area contributed by atoms with E-state index in [4.69, 9.17) is 16.2 Å². The maximum absolute atomic E-state index is 6.86. The van der Waals surface area contributed by atoms with Crippen molar-refractivity contribution in [1.82, 2.24) is 0 Å². The SMILES string of the molecule is COc1ccc(C(N)(c2ccc(C)cc2)[C@H](N)C(C)C)cc1. The number of nitrogens with two attached hydrogens (primary N) is 2. The van der Waals surface area contributed by atoms with Crippen LogP contribution in [0, 0.1) is 12.8 Å². The molecular weight excluding hydrogens is 272 g/mol. The molecule has 0 aliphatic rings. The number of benzene rings is 2. The van der Waals surface area contributed by atoms with Gasteiger partial charge in [0.05, 0.1) is 12.6 Å². The van der Waals surface area contributed by atoms with Gasteiger partial charge in [0.25, 0.3) is 0 Å². The first kappa shape index (κ1) is 16.5. The van der Waals surface area contributed by atoms with E-state index in [-0.39, 0.29) is 12.0 Å².